The predicted octanol–water partition coefficient (Wildman–Crippen LogP) is 5.47. The second-order valence-corrected chi connectivity index (χ2v) is 10.2. The SMILES string of the molecule is COC(=O)c1ccc([C@H]2C[C@@H](NC(=O)C3C(c4ccc5c(c4)OCO5)C3(F)F)C[C@@H](c3ccccc3)O2)c(F)c1. The molecule has 1 N–H and O–H groups in total. The predicted molar refractivity (Wildman–Crippen MR) is 136 cm³/mol. The third-order valence-electron chi connectivity index (χ3n) is 7.70. The lowest BCUT2D eigenvalue weighted by molar-refractivity contribution is -0.127. The molecule has 5 atom stereocenters. The fourth-order valence-electron chi connectivity index (χ4n) is 5.62. The molecule has 2 fully saturated rings. The van der Waals surface area contributed by atoms with Gasteiger partial charge in [0.25, 0.3) is 5.92 Å². The molecule has 0 aromatic heterocycles. The Hall–Kier alpha value is -4.05. The largest absolute Gasteiger partial charge is 0.465 e. The molecule has 7 nitrogen and oxygen atoms in total. The summed E-state index contributed by atoms with van der Waals surface area (Å²) in [5, 5.41) is 2.79. The van der Waals surface area contributed by atoms with Gasteiger partial charge < -0.3 is 24.3 Å². The van der Waals surface area contributed by atoms with E-state index in [0.717, 1.165) is 11.6 Å². The van der Waals surface area contributed by atoms with Crippen LogP contribution in [-0.2, 0) is 14.3 Å². The monoisotopic (exact) mass is 553 g/mol. The number of ether oxygens (including phenoxy) is 4. The van der Waals surface area contributed by atoms with Gasteiger partial charge in [-0.25, -0.2) is 18.0 Å². The molecule has 0 radical (unpaired) electrons. The van der Waals surface area contributed by atoms with E-state index < -0.39 is 53.7 Å². The molecule has 2 aliphatic heterocycles. The molecule has 40 heavy (non-hydrogen) atoms. The molecule has 1 saturated carbocycles. The number of hydrogen-bond donors (Lipinski definition) is 1. The third kappa shape index (κ3) is 4.77. The topological polar surface area (TPSA) is 83.1 Å². The van der Waals surface area contributed by atoms with E-state index in [9.17, 15) is 18.4 Å². The summed E-state index contributed by atoms with van der Waals surface area (Å²) in [7, 11) is 1.20. The van der Waals surface area contributed by atoms with Gasteiger partial charge in [-0.15, -0.1) is 0 Å². The Bertz CT molecular complexity index is 1450. The maximum Gasteiger partial charge on any atom is 0.337 e. The van der Waals surface area contributed by atoms with Crippen molar-refractivity contribution in [3.05, 3.63) is 94.8 Å². The normalized spacial score (nSPS) is 26.1. The van der Waals surface area contributed by atoms with E-state index in [2.05, 4.69) is 10.1 Å². The van der Waals surface area contributed by atoms with Crippen LogP contribution in [0.4, 0.5) is 13.2 Å². The van der Waals surface area contributed by atoms with Crippen molar-refractivity contribution >= 4 is 11.9 Å². The first kappa shape index (κ1) is 26.2. The number of carbonyl (C=O) groups is 2. The molecule has 1 amide bonds. The zero-order valence-corrected chi connectivity index (χ0v) is 21.4. The summed E-state index contributed by atoms with van der Waals surface area (Å²) in [6.45, 7) is 0.0171. The quantitative estimate of drug-likeness (QED) is 0.408. The van der Waals surface area contributed by atoms with E-state index >= 15 is 4.39 Å². The zero-order valence-electron chi connectivity index (χ0n) is 21.4. The number of rotatable bonds is 6. The average molecular weight is 554 g/mol. The molecule has 6 rings (SSSR count). The Kier molecular flexibility index (Phi) is 6.66. The van der Waals surface area contributed by atoms with Gasteiger partial charge in [0.05, 0.1) is 30.8 Å². The zero-order chi connectivity index (χ0) is 28.0. The van der Waals surface area contributed by atoms with Crippen molar-refractivity contribution in [2.24, 2.45) is 5.92 Å². The third-order valence-corrected chi connectivity index (χ3v) is 7.70. The molecule has 0 spiro atoms. The number of esters is 1. The molecule has 2 unspecified atom stereocenters. The van der Waals surface area contributed by atoms with Crippen LogP contribution in [0.15, 0.2) is 66.7 Å². The highest BCUT2D eigenvalue weighted by Gasteiger charge is 2.72. The molecule has 10 heteroatoms. The van der Waals surface area contributed by atoms with Crippen molar-refractivity contribution < 1.29 is 41.7 Å². The van der Waals surface area contributed by atoms with Crippen LogP contribution in [0.3, 0.4) is 0 Å². The van der Waals surface area contributed by atoms with Crippen molar-refractivity contribution in [3.8, 4) is 11.5 Å². The molecule has 1 saturated heterocycles. The lowest BCUT2D eigenvalue weighted by atomic mass is 9.90. The summed E-state index contributed by atoms with van der Waals surface area (Å²) in [4.78, 5) is 25.0. The minimum absolute atomic E-state index is 0.0171. The minimum Gasteiger partial charge on any atom is -0.465 e. The maximum absolute atomic E-state index is 15.1. The molecule has 208 valence electrons. The van der Waals surface area contributed by atoms with Crippen LogP contribution >= 0.6 is 0 Å². The lowest BCUT2D eigenvalue weighted by Crippen LogP contribution is -2.42. The number of alkyl halides is 2. The highest BCUT2D eigenvalue weighted by Crippen LogP contribution is 2.62. The van der Waals surface area contributed by atoms with Crippen molar-refractivity contribution in [1.82, 2.24) is 5.32 Å². The van der Waals surface area contributed by atoms with Crippen LogP contribution in [0.5, 0.6) is 11.5 Å². The van der Waals surface area contributed by atoms with E-state index in [-0.39, 0.29) is 24.3 Å². The Morgan fingerprint density at radius 3 is 2.42 bits per heavy atom. The van der Waals surface area contributed by atoms with Crippen LogP contribution in [0, 0.1) is 11.7 Å². The van der Waals surface area contributed by atoms with Gasteiger partial charge in [-0.3, -0.25) is 4.79 Å². The Morgan fingerprint density at radius 1 is 0.925 bits per heavy atom. The number of hydrogen-bond acceptors (Lipinski definition) is 6. The maximum atomic E-state index is 15.1. The number of methoxy groups -OCH3 is 1. The fourth-order valence-corrected chi connectivity index (χ4v) is 5.62. The molecule has 2 heterocycles. The summed E-state index contributed by atoms with van der Waals surface area (Å²) in [5.74, 6) is -7.32. The summed E-state index contributed by atoms with van der Waals surface area (Å²) in [5.41, 5.74) is 1.36. The van der Waals surface area contributed by atoms with Crippen LogP contribution in [0.1, 0.15) is 58.0 Å². The minimum atomic E-state index is -3.23. The summed E-state index contributed by atoms with van der Waals surface area (Å²) >= 11 is 0. The first-order chi connectivity index (χ1) is 19.3. The van der Waals surface area contributed by atoms with E-state index in [1.165, 1.54) is 31.4 Å². The number of fused-ring (bicyclic) bond motifs is 1. The number of carbonyl (C=O) groups excluding carboxylic acids is 2. The van der Waals surface area contributed by atoms with Gasteiger partial charge in [-0.05, 0) is 48.2 Å². The average Bonchev–Trinajstić information content (AvgIpc) is 3.27. The van der Waals surface area contributed by atoms with Crippen molar-refractivity contribution in [1.29, 1.82) is 0 Å². The number of benzene rings is 3. The standard InChI is InChI=1S/C30H26F3NO6/c1-37-29(36)18-7-9-20(21(31)11-18)24-14-19(13-23(40-24)16-5-3-2-4-6-16)34-28(35)27-26(30(27,32)33)17-8-10-22-25(12-17)39-15-38-22/h2-12,19,23-24,26-27H,13-15H2,1H3,(H,34,35)/t19-,23-,24+,26?,27?/m0/s1. The number of amides is 1. The highest BCUT2D eigenvalue weighted by molar-refractivity contribution is 5.89. The second kappa shape index (κ2) is 10.2. The van der Waals surface area contributed by atoms with Crippen LogP contribution in [0.25, 0.3) is 0 Å². The molecular formula is C30H26F3NO6. The van der Waals surface area contributed by atoms with Gasteiger partial charge in [-0.1, -0.05) is 42.5 Å². The van der Waals surface area contributed by atoms with E-state index in [4.69, 9.17) is 14.2 Å². The number of halogens is 3. The summed E-state index contributed by atoms with van der Waals surface area (Å²) < 4.78 is 66.5. The van der Waals surface area contributed by atoms with Crippen molar-refractivity contribution in [2.75, 3.05) is 13.9 Å². The van der Waals surface area contributed by atoms with Gasteiger partial charge >= 0.3 is 5.97 Å². The molecule has 0 bridgehead atoms. The lowest BCUT2D eigenvalue weighted by Gasteiger charge is -2.36. The first-order valence-electron chi connectivity index (χ1n) is 12.9. The van der Waals surface area contributed by atoms with Crippen LogP contribution in [-0.4, -0.2) is 37.7 Å². The second-order valence-electron chi connectivity index (χ2n) is 10.2. The van der Waals surface area contributed by atoms with Gasteiger partial charge in [0.15, 0.2) is 11.5 Å². The van der Waals surface area contributed by atoms with Crippen LogP contribution < -0.4 is 14.8 Å². The van der Waals surface area contributed by atoms with Gasteiger partial charge in [0.2, 0.25) is 12.7 Å². The van der Waals surface area contributed by atoms with Gasteiger partial charge in [0, 0.05) is 11.6 Å². The first-order valence-corrected chi connectivity index (χ1v) is 12.9. The molecule has 3 aromatic carbocycles. The van der Waals surface area contributed by atoms with E-state index in [1.807, 2.05) is 30.3 Å². The van der Waals surface area contributed by atoms with E-state index in [0.29, 0.717) is 23.5 Å². The molecule has 1 aliphatic carbocycles. The van der Waals surface area contributed by atoms with E-state index in [1.54, 1.807) is 6.07 Å². The summed E-state index contributed by atoms with van der Waals surface area (Å²) in [6, 6.07) is 17.2. The van der Waals surface area contributed by atoms with Gasteiger partial charge in [-0.2, -0.15) is 0 Å². The summed E-state index contributed by atoms with van der Waals surface area (Å²) in [6.07, 6.45) is -0.827. The fraction of sp³-hybridized carbons (Fsp3) is 0.333. The molecular weight excluding hydrogens is 527 g/mol. The highest BCUT2D eigenvalue weighted by atomic mass is 19.3. The van der Waals surface area contributed by atoms with Crippen molar-refractivity contribution in [2.45, 2.75) is 42.9 Å². The Labute approximate surface area is 228 Å². The van der Waals surface area contributed by atoms with Gasteiger partial charge in [0.1, 0.15) is 11.7 Å². The number of nitrogens with one attached hydrogen (secondary N) is 1. The smallest absolute Gasteiger partial charge is 0.337 e. The Morgan fingerprint density at radius 2 is 1.68 bits per heavy atom. The molecule has 3 aliphatic rings. The Balaban J connectivity index is 1.22. The molecule has 3 aromatic rings. The van der Waals surface area contributed by atoms with Crippen LogP contribution in [0.2, 0.25) is 0 Å². The van der Waals surface area contributed by atoms with Crippen molar-refractivity contribution in [3.63, 3.8) is 0 Å².